The van der Waals surface area contributed by atoms with Crippen molar-refractivity contribution in [2.75, 3.05) is 32.2 Å². The van der Waals surface area contributed by atoms with Crippen LogP contribution >= 0.6 is 0 Å². The summed E-state index contributed by atoms with van der Waals surface area (Å²) in [6.45, 7) is 0.411. The predicted molar refractivity (Wildman–Crippen MR) is 60.6 cm³/mol. The average Bonchev–Trinajstić information content (AvgIpc) is 2.34. The third-order valence-electron chi connectivity index (χ3n) is 2.00. The maximum Gasteiger partial charge on any atom is 0.433 e. The molecule has 0 fully saturated rings. The summed E-state index contributed by atoms with van der Waals surface area (Å²) in [6, 6.07) is 1.92. The summed E-state index contributed by atoms with van der Waals surface area (Å²) in [5.41, 5.74) is -0.838. The first-order valence-corrected chi connectivity index (χ1v) is 5.33. The second kappa shape index (κ2) is 7.05. The summed E-state index contributed by atoms with van der Waals surface area (Å²) in [5, 5.41) is 2.36. The Hall–Kier alpha value is -1.67. The van der Waals surface area contributed by atoms with Crippen LogP contribution in [0.4, 0.5) is 18.9 Å². The fourth-order valence-corrected chi connectivity index (χ4v) is 1.14. The van der Waals surface area contributed by atoms with Crippen LogP contribution in [0.1, 0.15) is 5.69 Å². The van der Waals surface area contributed by atoms with Crippen LogP contribution in [0, 0.1) is 0 Å². The van der Waals surface area contributed by atoms with E-state index in [-0.39, 0.29) is 18.9 Å². The van der Waals surface area contributed by atoms with Gasteiger partial charge in [0.15, 0.2) is 0 Å². The van der Waals surface area contributed by atoms with Crippen LogP contribution in [0.5, 0.6) is 0 Å². The second-order valence-electron chi connectivity index (χ2n) is 3.52. The quantitative estimate of drug-likeness (QED) is 0.805. The van der Waals surface area contributed by atoms with Gasteiger partial charge in [0.2, 0.25) is 5.91 Å². The Kier molecular flexibility index (Phi) is 5.71. The zero-order chi connectivity index (χ0) is 14.3. The van der Waals surface area contributed by atoms with Gasteiger partial charge in [-0.25, -0.2) is 4.98 Å². The van der Waals surface area contributed by atoms with Crippen molar-refractivity contribution in [3.8, 4) is 0 Å². The molecule has 0 radical (unpaired) electrons. The molecular weight excluding hydrogens is 265 g/mol. The number of methoxy groups -OCH3 is 1. The number of alkyl halides is 3. The van der Waals surface area contributed by atoms with E-state index in [1.54, 1.807) is 0 Å². The minimum Gasteiger partial charge on any atom is -0.382 e. The number of hydrogen-bond acceptors (Lipinski definition) is 4. The molecule has 0 spiro atoms. The van der Waals surface area contributed by atoms with Crippen molar-refractivity contribution in [3.05, 3.63) is 24.0 Å². The zero-order valence-electron chi connectivity index (χ0n) is 10.2. The number of nitrogens with one attached hydrogen (secondary N) is 1. The van der Waals surface area contributed by atoms with E-state index in [0.29, 0.717) is 6.61 Å². The van der Waals surface area contributed by atoms with Crippen LogP contribution in [0.3, 0.4) is 0 Å². The van der Waals surface area contributed by atoms with Gasteiger partial charge < -0.3 is 14.8 Å². The lowest BCUT2D eigenvalue weighted by molar-refractivity contribution is -0.141. The first-order valence-electron chi connectivity index (χ1n) is 5.33. The summed E-state index contributed by atoms with van der Waals surface area (Å²) in [6.07, 6.45) is -3.55. The molecule has 0 aliphatic carbocycles. The minimum atomic E-state index is -4.49. The van der Waals surface area contributed by atoms with Crippen LogP contribution in [0.15, 0.2) is 18.3 Å². The molecule has 1 amide bonds. The third kappa shape index (κ3) is 5.66. The largest absolute Gasteiger partial charge is 0.433 e. The van der Waals surface area contributed by atoms with Crippen LogP contribution < -0.4 is 5.32 Å². The molecule has 19 heavy (non-hydrogen) atoms. The van der Waals surface area contributed by atoms with Gasteiger partial charge >= 0.3 is 6.18 Å². The van der Waals surface area contributed by atoms with Gasteiger partial charge in [-0.1, -0.05) is 0 Å². The number of nitrogens with zero attached hydrogens (tertiary/aromatic N) is 1. The summed E-state index contributed by atoms with van der Waals surface area (Å²) in [5.74, 6) is -0.474. The van der Waals surface area contributed by atoms with Crippen molar-refractivity contribution >= 4 is 11.6 Å². The number of amides is 1. The Morgan fingerprint density at radius 3 is 2.63 bits per heavy atom. The van der Waals surface area contributed by atoms with E-state index in [2.05, 4.69) is 10.3 Å². The number of halogens is 3. The lowest BCUT2D eigenvalue weighted by Gasteiger charge is -2.08. The van der Waals surface area contributed by atoms with Gasteiger partial charge in [-0.15, -0.1) is 0 Å². The van der Waals surface area contributed by atoms with E-state index < -0.39 is 17.8 Å². The number of ether oxygens (including phenoxy) is 2. The van der Waals surface area contributed by atoms with E-state index in [0.717, 1.165) is 18.3 Å². The van der Waals surface area contributed by atoms with Gasteiger partial charge in [-0.05, 0) is 12.1 Å². The number of aromatic nitrogens is 1. The Bertz CT molecular complexity index is 407. The summed E-state index contributed by atoms with van der Waals surface area (Å²) < 4.78 is 46.4. The number of rotatable bonds is 6. The standard InChI is InChI=1S/C11H13F3N2O3/c1-18-4-5-19-7-10(17)16-8-2-3-9(15-6-8)11(12,13)14/h2-3,6H,4-5,7H2,1H3,(H,16,17). The highest BCUT2D eigenvalue weighted by Gasteiger charge is 2.32. The Balaban J connectivity index is 2.43. The van der Waals surface area contributed by atoms with Gasteiger partial charge in [0.05, 0.1) is 25.1 Å². The number of anilines is 1. The number of carbonyl (C=O) groups excluding carboxylic acids is 1. The average molecular weight is 278 g/mol. The molecule has 0 saturated heterocycles. The number of pyridine rings is 1. The molecule has 0 atom stereocenters. The monoisotopic (exact) mass is 278 g/mol. The molecule has 1 aromatic heterocycles. The van der Waals surface area contributed by atoms with Crippen molar-refractivity contribution in [1.82, 2.24) is 4.98 Å². The van der Waals surface area contributed by atoms with Gasteiger partial charge in [-0.2, -0.15) is 13.2 Å². The first kappa shape index (κ1) is 15.4. The molecule has 1 rings (SSSR count). The first-order chi connectivity index (χ1) is 8.93. The van der Waals surface area contributed by atoms with Gasteiger partial charge in [0, 0.05) is 7.11 Å². The SMILES string of the molecule is COCCOCC(=O)Nc1ccc(C(F)(F)F)nc1. The third-order valence-corrected chi connectivity index (χ3v) is 2.00. The normalized spacial score (nSPS) is 11.4. The van der Waals surface area contributed by atoms with Crippen molar-refractivity contribution in [2.24, 2.45) is 0 Å². The molecule has 1 aromatic rings. The molecular formula is C11H13F3N2O3. The van der Waals surface area contributed by atoms with E-state index in [1.165, 1.54) is 7.11 Å². The van der Waals surface area contributed by atoms with Gasteiger partial charge in [0.1, 0.15) is 12.3 Å². The lowest BCUT2D eigenvalue weighted by Crippen LogP contribution is -2.20. The predicted octanol–water partition coefficient (Wildman–Crippen LogP) is 1.70. The van der Waals surface area contributed by atoms with E-state index in [9.17, 15) is 18.0 Å². The lowest BCUT2D eigenvalue weighted by atomic mass is 10.3. The fourth-order valence-electron chi connectivity index (χ4n) is 1.14. The molecule has 1 heterocycles. The molecule has 0 saturated carbocycles. The highest BCUT2D eigenvalue weighted by Crippen LogP contribution is 2.27. The van der Waals surface area contributed by atoms with Crippen LogP contribution in [-0.2, 0) is 20.4 Å². The summed E-state index contributed by atoms with van der Waals surface area (Å²) in [4.78, 5) is 14.5. The van der Waals surface area contributed by atoms with Crippen molar-refractivity contribution in [1.29, 1.82) is 0 Å². The Labute approximate surface area is 107 Å². The van der Waals surface area contributed by atoms with Crippen molar-refractivity contribution in [2.45, 2.75) is 6.18 Å². The molecule has 1 N–H and O–H groups in total. The Morgan fingerprint density at radius 1 is 1.37 bits per heavy atom. The number of carbonyl (C=O) groups is 1. The van der Waals surface area contributed by atoms with Gasteiger partial charge in [0.25, 0.3) is 0 Å². The van der Waals surface area contributed by atoms with Crippen LogP contribution in [0.25, 0.3) is 0 Å². The molecule has 106 valence electrons. The second-order valence-corrected chi connectivity index (χ2v) is 3.52. The molecule has 5 nitrogen and oxygen atoms in total. The minimum absolute atomic E-state index is 0.174. The molecule has 0 bridgehead atoms. The maximum atomic E-state index is 12.2. The summed E-state index contributed by atoms with van der Waals surface area (Å²) >= 11 is 0. The van der Waals surface area contributed by atoms with Crippen molar-refractivity contribution in [3.63, 3.8) is 0 Å². The highest BCUT2D eigenvalue weighted by molar-refractivity contribution is 5.91. The van der Waals surface area contributed by atoms with E-state index >= 15 is 0 Å². The maximum absolute atomic E-state index is 12.2. The summed E-state index contributed by atoms with van der Waals surface area (Å²) in [7, 11) is 1.50. The molecule has 8 heteroatoms. The topological polar surface area (TPSA) is 60.5 Å². The number of hydrogen-bond donors (Lipinski definition) is 1. The van der Waals surface area contributed by atoms with Crippen molar-refractivity contribution < 1.29 is 27.4 Å². The van der Waals surface area contributed by atoms with E-state index in [1.807, 2.05) is 0 Å². The van der Waals surface area contributed by atoms with Crippen LogP contribution in [0.2, 0.25) is 0 Å². The molecule has 0 aromatic carbocycles. The fraction of sp³-hybridized carbons (Fsp3) is 0.455. The molecule has 0 aliphatic heterocycles. The molecule has 0 aliphatic rings. The van der Waals surface area contributed by atoms with E-state index in [4.69, 9.17) is 9.47 Å². The smallest absolute Gasteiger partial charge is 0.382 e. The van der Waals surface area contributed by atoms with Gasteiger partial charge in [-0.3, -0.25) is 4.79 Å². The Morgan fingerprint density at radius 2 is 2.11 bits per heavy atom. The van der Waals surface area contributed by atoms with Crippen LogP contribution in [-0.4, -0.2) is 37.8 Å². The highest BCUT2D eigenvalue weighted by atomic mass is 19.4. The molecule has 0 unspecified atom stereocenters. The zero-order valence-corrected chi connectivity index (χ0v) is 10.2.